The molecule has 2 N–H and O–H groups in total. The number of carbonyl (C=O) groups is 1. The molecule has 5 aromatic rings. The van der Waals surface area contributed by atoms with Crippen LogP contribution in [0.3, 0.4) is 0 Å². The smallest absolute Gasteiger partial charge is 0.335 e. The van der Waals surface area contributed by atoms with Crippen LogP contribution in [-0.4, -0.2) is 44.4 Å². The molecule has 3 aromatic carbocycles. The van der Waals surface area contributed by atoms with Gasteiger partial charge >= 0.3 is 12.0 Å². The van der Waals surface area contributed by atoms with E-state index in [1.165, 1.54) is 43.5 Å². The van der Waals surface area contributed by atoms with Crippen molar-refractivity contribution in [2.24, 2.45) is 0 Å². The summed E-state index contributed by atoms with van der Waals surface area (Å²) < 4.78 is 42.1. The first kappa shape index (κ1) is 26.6. The van der Waals surface area contributed by atoms with Gasteiger partial charge in [0, 0.05) is 46.9 Å². The first-order valence-corrected chi connectivity index (χ1v) is 12.3. The second kappa shape index (κ2) is 10.3. The number of aromatic nitrogens is 3. The van der Waals surface area contributed by atoms with E-state index in [-0.39, 0.29) is 40.6 Å². The van der Waals surface area contributed by atoms with Crippen molar-refractivity contribution in [1.82, 2.24) is 14.5 Å². The van der Waals surface area contributed by atoms with Gasteiger partial charge in [-0.2, -0.15) is 0 Å². The summed E-state index contributed by atoms with van der Waals surface area (Å²) in [6.45, 7) is 3.79. The molecule has 0 saturated carbocycles. The number of aromatic carboxylic acids is 1. The Hall–Kier alpha value is -4.99. The van der Waals surface area contributed by atoms with Crippen LogP contribution >= 0.6 is 0 Å². The van der Waals surface area contributed by atoms with Crippen LogP contribution in [0.4, 0.5) is 8.78 Å². The Morgan fingerprint density at radius 1 is 1.02 bits per heavy atom. The summed E-state index contributed by atoms with van der Waals surface area (Å²) in [6, 6.07) is 14.5. The maximum atomic E-state index is 14.8. The lowest BCUT2D eigenvalue weighted by Crippen LogP contribution is -2.30. The van der Waals surface area contributed by atoms with Crippen LogP contribution < -0.4 is 9.47 Å². The lowest BCUT2D eigenvalue weighted by atomic mass is 9.84. The van der Waals surface area contributed by atoms with Gasteiger partial charge in [0.2, 0.25) is 0 Å². The minimum absolute atomic E-state index is 0.0288. The number of hydrogen-bond acceptors (Lipinski definition) is 6. The zero-order valence-corrected chi connectivity index (χ0v) is 21.9. The molecule has 204 valence electrons. The van der Waals surface area contributed by atoms with E-state index in [1.807, 2.05) is 13.8 Å². The van der Waals surface area contributed by atoms with E-state index >= 15 is 0 Å². The molecule has 5 rings (SSSR count). The molecular formula is C30H25F2N3O5. The van der Waals surface area contributed by atoms with Crippen molar-refractivity contribution in [1.29, 1.82) is 0 Å². The Bertz CT molecular complexity index is 1740. The number of halogens is 2. The lowest BCUT2D eigenvalue weighted by Gasteiger charge is -2.28. The number of hydrogen-bond donors (Lipinski definition) is 2. The molecule has 0 fully saturated rings. The third-order valence-corrected chi connectivity index (χ3v) is 6.55. The molecular weight excluding hydrogens is 520 g/mol. The van der Waals surface area contributed by atoms with Gasteiger partial charge in [-0.05, 0) is 42.0 Å². The van der Waals surface area contributed by atoms with Crippen LogP contribution in [0.5, 0.6) is 17.5 Å². The van der Waals surface area contributed by atoms with E-state index in [0.29, 0.717) is 22.5 Å². The quantitative estimate of drug-likeness (QED) is 0.241. The van der Waals surface area contributed by atoms with E-state index in [0.717, 1.165) is 6.07 Å². The van der Waals surface area contributed by atoms with Crippen molar-refractivity contribution in [3.63, 3.8) is 0 Å². The van der Waals surface area contributed by atoms with Crippen LogP contribution in [0, 0.1) is 11.6 Å². The highest BCUT2D eigenvalue weighted by Crippen LogP contribution is 2.47. The Labute approximate surface area is 228 Å². The molecule has 40 heavy (non-hydrogen) atoms. The number of carboxylic acid groups (broad SMARTS) is 1. The number of methoxy groups -OCH3 is 1. The fourth-order valence-corrected chi connectivity index (χ4v) is 4.82. The van der Waals surface area contributed by atoms with E-state index in [4.69, 9.17) is 9.47 Å². The molecule has 0 unspecified atom stereocenters. The van der Waals surface area contributed by atoms with Crippen LogP contribution in [0.15, 0.2) is 73.1 Å². The van der Waals surface area contributed by atoms with E-state index in [9.17, 15) is 23.8 Å². The molecule has 0 spiro atoms. The summed E-state index contributed by atoms with van der Waals surface area (Å²) in [5, 5.41) is 21.0. The van der Waals surface area contributed by atoms with Gasteiger partial charge in [-0.25, -0.2) is 23.5 Å². The molecule has 0 atom stereocenters. The van der Waals surface area contributed by atoms with Crippen LogP contribution in [0.25, 0.3) is 27.7 Å². The summed E-state index contributed by atoms with van der Waals surface area (Å²) >= 11 is 0. The molecule has 0 saturated heterocycles. The zero-order chi connectivity index (χ0) is 28.6. The number of phenolic OH excluding ortho intramolecular Hbond substituents is 1. The van der Waals surface area contributed by atoms with E-state index in [1.54, 1.807) is 35.2 Å². The Morgan fingerprint density at radius 2 is 1.77 bits per heavy atom. The number of benzene rings is 3. The van der Waals surface area contributed by atoms with Gasteiger partial charge < -0.3 is 24.3 Å². The van der Waals surface area contributed by atoms with Gasteiger partial charge in [0.25, 0.3) is 0 Å². The number of nitrogens with zero attached hydrogens (tertiary/aromatic N) is 3. The molecule has 8 nitrogen and oxygen atoms in total. The third-order valence-electron chi connectivity index (χ3n) is 6.55. The molecule has 0 aliphatic heterocycles. The molecule has 0 aliphatic rings. The average molecular weight is 546 g/mol. The summed E-state index contributed by atoms with van der Waals surface area (Å²) in [4.78, 5) is 20.1. The van der Waals surface area contributed by atoms with Gasteiger partial charge in [0.1, 0.15) is 18.2 Å². The van der Waals surface area contributed by atoms with Gasteiger partial charge in [-0.3, -0.25) is 0 Å². The molecule has 2 aromatic heterocycles. The normalized spacial score (nSPS) is 11.5. The Balaban J connectivity index is 1.87. The second-order valence-electron chi connectivity index (χ2n) is 9.79. The summed E-state index contributed by atoms with van der Waals surface area (Å²) in [6.07, 6.45) is 3.08. The monoisotopic (exact) mass is 545 g/mol. The molecule has 0 bridgehead atoms. The topological polar surface area (TPSA) is 107 Å². The summed E-state index contributed by atoms with van der Waals surface area (Å²) in [5.41, 5.74) is 1.31. The highest BCUT2D eigenvalue weighted by atomic mass is 19.1. The Morgan fingerprint density at radius 3 is 2.48 bits per heavy atom. The number of ether oxygens (including phenoxy) is 2. The number of carboxylic acids is 1. The third kappa shape index (κ3) is 4.79. The zero-order valence-electron chi connectivity index (χ0n) is 21.9. The first-order valence-electron chi connectivity index (χ1n) is 12.3. The van der Waals surface area contributed by atoms with Crippen LogP contribution in [0.2, 0.25) is 0 Å². The SMILES string of the molecule is COc1cc(-n2c(C(C)(C)COc3ncccn3)c(-c3cccc(C(=O)O)c3)c3c(O)cc(F)cc32)ccc1F. The van der Waals surface area contributed by atoms with Gasteiger partial charge in [0.15, 0.2) is 11.6 Å². The fourth-order valence-electron chi connectivity index (χ4n) is 4.82. The lowest BCUT2D eigenvalue weighted by molar-refractivity contribution is 0.0697. The van der Waals surface area contributed by atoms with Gasteiger partial charge in [0.05, 0.1) is 23.6 Å². The minimum Gasteiger partial charge on any atom is -0.507 e. The number of rotatable bonds is 8. The second-order valence-corrected chi connectivity index (χ2v) is 9.79. The fraction of sp³-hybridized carbons (Fsp3) is 0.167. The molecule has 2 heterocycles. The minimum atomic E-state index is -1.13. The number of aromatic hydroxyl groups is 1. The number of fused-ring (bicyclic) bond motifs is 1. The van der Waals surface area contributed by atoms with Crippen molar-refractivity contribution in [3.05, 3.63) is 95.9 Å². The maximum Gasteiger partial charge on any atom is 0.335 e. The Kier molecular flexibility index (Phi) is 6.85. The predicted molar refractivity (Wildman–Crippen MR) is 144 cm³/mol. The van der Waals surface area contributed by atoms with Crippen molar-refractivity contribution in [2.45, 2.75) is 19.3 Å². The summed E-state index contributed by atoms with van der Waals surface area (Å²) in [5.74, 6) is -2.79. The largest absolute Gasteiger partial charge is 0.507 e. The van der Waals surface area contributed by atoms with Crippen LogP contribution in [-0.2, 0) is 5.41 Å². The highest BCUT2D eigenvalue weighted by molar-refractivity contribution is 6.04. The van der Waals surface area contributed by atoms with E-state index < -0.39 is 23.0 Å². The first-order chi connectivity index (χ1) is 19.1. The average Bonchev–Trinajstić information content (AvgIpc) is 3.29. The van der Waals surface area contributed by atoms with Crippen molar-refractivity contribution < 1.29 is 33.3 Å². The van der Waals surface area contributed by atoms with Crippen LogP contribution in [0.1, 0.15) is 29.9 Å². The van der Waals surface area contributed by atoms with Crippen molar-refractivity contribution >= 4 is 16.9 Å². The highest BCUT2D eigenvalue weighted by Gasteiger charge is 2.34. The van der Waals surface area contributed by atoms with Gasteiger partial charge in [-0.15, -0.1) is 0 Å². The molecule has 0 amide bonds. The summed E-state index contributed by atoms with van der Waals surface area (Å²) in [7, 11) is 1.34. The van der Waals surface area contributed by atoms with Crippen molar-refractivity contribution in [2.75, 3.05) is 13.7 Å². The standard InChI is InChI=1S/C30H25F2N3O5/c1-30(2,16-40-29-33-10-5-11-34-29)27-25(17-6-4-7-18(12-17)28(37)38)26-22(13-19(31)14-23(26)36)35(27)20-8-9-21(32)24(15-20)39-3/h4-15,36H,16H2,1-3H3,(H,37,38). The molecule has 10 heteroatoms. The van der Waals surface area contributed by atoms with Gasteiger partial charge in [-0.1, -0.05) is 26.0 Å². The maximum absolute atomic E-state index is 14.8. The van der Waals surface area contributed by atoms with E-state index in [2.05, 4.69) is 9.97 Å². The number of phenols is 1. The van der Waals surface area contributed by atoms with Crippen molar-refractivity contribution in [3.8, 4) is 34.3 Å². The molecule has 0 radical (unpaired) electrons. The molecule has 0 aliphatic carbocycles. The predicted octanol–water partition coefficient (Wildman–Crippen LogP) is 6.13.